The third kappa shape index (κ3) is 4.83. The molecule has 2 aliphatic heterocycles. The molecule has 0 spiro atoms. The molecule has 7 nitrogen and oxygen atoms in total. The second-order valence-corrected chi connectivity index (χ2v) is 9.35. The minimum Gasteiger partial charge on any atom is -0.472 e. The Labute approximate surface area is 187 Å². The van der Waals surface area contributed by atoms with Crippen molar-refractivity contribution < 1.29 is 22.7 Å². The quantitative estimate of drug-likeness (QED) is 0.636. The molecule has 170 valence electrons. The Balaban J connectivity index is 1.13. The number of pyridine rings is 1. The molecule has 0 unspecified atom stereocenters. The van der Waals surface area contributed by atoms with Crippen molar-refractivity contribution in [3.63, 3.8) is 0 Å². The molecule has 1 saturated carbocycles. The first kappa shape index (κ1) is 21.4. The summed E-state index contributed by atoms with van der Waals surface area (Å²) >= 11 is 0.856. The van der Waals surface area contributed by atoms with Gasteiger partial charge in [0.2, 0.25) is 5.88 Å². The van der Waals surface area contributed by atoms with Crippen LogP contribution in [-0.4, -0.2) is 68.3 Å². The van der Waals surface area contributed by atoms with Gasteiger partial charge in [-0.05, 0) is 36.7 Å². The van der Waals surface area contributed by atoms with E-state index in [0.717, 1.165) is 49.2 Å². The fourth-order valence-electron chi connectivity index (χ4n) is 4.16. The first-order valence-corrected chi connectivity index (χ1v) is 11.4. The van der Waals surface area contributed by atoms with Crippen molar-refractivity contribution in [3.8, 4) is 5.88 Å². The SMILES string of the molecule is O=C(Sc1ccc(C(F)(F)F)cn1)N1CCN2C[C@H](Oc3cnc(C4CC4)cn3)C[C@H]2C1. The number of amides is 1. The zero-order valence-electron chi connectivity index (χ0n) is 17.2. The summed E-state index contributed by atoms with van der Waals surface area (Å²) in [6, 6.07) is 2.36. The minimum absolute atomic E-state index is 0.0136. The van der Waals surface area contributed by atoms with Crippen molar-refractivity contribution in [2.24, 2.45) is 0 Å². The van der Waals surface area contributed by atoms with Gasteiger partial charge in [-0.2, -0.15) is 13.2 Å². The molecule has 5 rings (SSSR count). The molecule has 32 heavy (non-hydrogen) atoms. The van der Waals surface area contributed by atoms with Crippen LogP contribution in [-0.2, 0) is 6.18 Å². The molecule has 1 aliphatic carbocycles. The summed E-state index contributed by atoms with van der Waals surface area (Å²) in [5, 5.41) is 0.0501. The van der Waals surface area contributed by atoms with Crippen LogP contribution in [0.2, 0.25) is 0 Å². The highest BCUT2D eigenvalue weighted by molar-refractivity contribution is 8.13. The van der Waals surface area contributed by atoms with Gasteiger partial charge in [-0.3, -0.25) is 14.7 Å². The third-order valence-corrected chi connectivity index (χ3v) is 6.91. The molecule has 0 radical (unpaired) electrons. The van der Waals surface area contributed by atoms with E-state index in [1.54, 1.807) is 17.3 Å². The fourth-order valence-corrected chi connectivity index (χ4v) is 4.87. The van der Waals surface area contributed by atoms with Crippen LogP contribution in [0, 0.1) is 0 Å². The normalized spacial score (nSPS) is 23.8. The van der Waals surface area contributed by atoms with Gasteiger partial charge in [-0.15, -0.1) is 0 Å². The number of thioether (sulfide) groups is 1. The van der Waals surface area contributed by atoms with Crippen LogP contribution in [0.1, 0.15) is 36.4 Å². The van der Waals surface area contributed by atoms with Crippen molar-refractivity contribution in [3.05, 3.63) is 42.0 Å². The molecule has 11 heteroatoms. The number of carbonyl (C=O) groups excluding carboxylic acids is 1. The van der Waals surface area contributed by atoms with Crippen molar-refractivity contribution >= 4 is 17.0 Å². The molecular weight excluding hydrogens is 443 g/mol. The molecule has 4 heterocycles. The summed E-state index contributed by atoms with van der Waals surface area (Å²) < 4.78 is 44.1. The summed E-state index contributed by atoms with van der Waals surface area (Å²) in [6.07, 6.45) is 2.91. The lowest BCUT2D eigenvalue weighted by Crippen LogP contribution is -2.51. The zero-order chi connectivity index (χ0) is 22.3. The molecule has 0 bridgehead atoms. The average molecular weight is 466 g/mol. The topological polar surface area (TPSA) is 71.5 Å². The lowest BCUT2D eigenvalue weighted by molar-refractivity contribution is -0.137. The van der Waals surface area contributed by atoms with Gasteiger partial charge in [0.15, 0.2) is 0 Å². The Kier molecular flexibility index (Phi) is 5.70. The summed E-state index contributed by atoms with van der Waals surface area (Å²) in [4.78, 5) is 29.3. The summed E-state index contributed by atoms with van der Waals surface area (Å²) in [5.74, 6) is 1.08. The number of nitrogens with zero attached hydrogens (tertiary/aromatic N) is 5. The smallest absolute Gasteiger partial charge is 0.417 e. The largest absolute Gasteiger partial charge is 0.472 e. The predicted molar refractivity (Wildman–Crippen MR) is 110 cm³/mol. The standard InChI is InChI=1S/C21H22F3N5O2S/c22-21(23,24)14-3-4-19(27-8-14)32-20(30)29-6-5-28-12-16(7-15(28)11-29)31-18-10-25-17(9-26-18)13-1-2-13/h3-4,8-10,13,15-16H,1-2,5-7,11-12H2/t15-,16+/m0/s1. The Bertz CT molecular complexity index is 969. The van der Waals surface area contributed by atoms with Crippen LogP contribution < -0.4 is 4.74 Å². The van der Waals surface area contributed by atoms with Crippen LogP contribution >= 0.6 is 11.8 Å². The van der Waals surface area contributed by atoms with Crippen LogP contribution in [0.15, 0.2) is 35.7 Å². The van der Waals surface area contributed by atoms with E-state index < -0.39 is 11.7 Å². The number of carbonyl (C=O) groups is 1. The van der Waals surface area contributed by atoms with Gasteiger partial charge in [0.25, 0.3) is 5.24 Å². The highest BCUT2D eigenvalue weighted by Gasteiger charge is 2.39. The van der Waals surface area contributed by atoms with Crippen molar-refractivity contribution in [1.82, 2.24) is 24.8 Å². The van der Waals surface area contributed by atoms with Gasteiger partial charge in [-0.25, -0.2) is 9.97 Å². The Hall–Kier alpha value is -2.40. The highest BCUT2D eigenvalue weighted by atomic mass is 32.2. The molecule has 2 aromatic rings. The Morgan fingerprint density at radius 2 is 1.91 bits per heavy atom. The van der Waals surface area contributed by atoms with E-state index in [2.05, 4.69) is 19.9 Å². The molecule has 2 aromatic heterocycles. The fraction of sp³-hybridized carbons (Fsp3) is 0.524. The average Bonchev–Trinajstić information content (AvgIpc) is 3.53. The molecule has 0 aromatic carbocycles. The van der Waals surface area contributed by atoms with Crippen LogP contribution in [0.5, 0.6) is 5.88 Å². The van der Waals surface area contributed by atoms with Gasteiger partial charge in [-0.1, -0.05) is 0 Å². The number of hydrogen-bond acceptors (Lipinski definition) is 7. The van der Waals surface area contributed by atoms with Crippen LogP contribution in [0.25, 0.3) is 0 Å². The van der Waals surface area contributed by atoms with E-state index in [-0.39, 0.29) is 22.4 Å². The highest BCUT2D eigenvalue weighted by Crippen LogP contribution is 2.38. The second-order valence-electron chi connectivity index (χ2n) is 8.37. The lowest BCUT2D eigenvalue weighted by Gasteiger charge is -2.36. The van der Waals surface area contributed by atoms with Gasteiger partial charge >= 0.3 is 6.18 Å². The molecule has 2 saturated heterocycles. The molecule has 3 aliphatic rings. The summed E-state index contributed by atoms with van der Waals surface area (Å²) in [7, 11) is 0. The number of rotatable bonds is 4. The summed E-state index contributed by atoms with van der Waals surface area (Å²) in [6.45, 7) is 2.61. The third-order valence-electron chi connectivity index (χ3n) is 6.02. The Morgan fingerprint density at radius 3 is 2.56 bits per heavy atom. The summed E-state index contributed by atoms with van der Waals surface area (Å²) in [5.41, 5.74) is 0.196. The second kappa shape index (κ2) is 8.51. The van der Waals surface area contributed by atoms with E-state index in [1.807, 2.05) is 0 Å². The van der Waals surface area contributed by atoms with Gasteiger partial charge in [0.1, 0.15) is 11.1 Å². The van der Waals surface area contributed by atoms with E-state index >= 15 is 0 Å². The number of halogens is 3. The minimum atomic E-state index is -4.44. The van der Waals surface area contributed by atoms with Gasteiger partial charge < -0.3 is 9.64 Å². The molecule has 3 fully saturated rings. The Morgan fingerprint density at radius 1 is 1.06 bits per heavy atom. The predicted octanol–water partition coefficient (Wildman–Crippen LogP) is 3.82. The number of hydrogen-bond donors (Lipinski definition) is 0. The van der Waals surface area contributed by atoms with E-state index in [4.69, 9.17) is 4.74 Å². The van der Waals surface area contributed by atoms with Crippen LogP contribution in [0.4, 0.5) is 18.0 Å². The van der Waals surface area contributed by atoms with E-state index in [1.165, 1.54) is 18.9 Å². The maximum absolute atomic E-state index is 12.7. The monoisotopic (exact) mass is 465 g/mol. The number of fused-ring (bicyclic) bond motifs is 1. The lowest BCUT2D eigenvalue weighted by atomic mass is 10.1. The molecular formula is C21H22F3N5O2S. The number of aromatic nitrogens is 3. The van der Waals surface area contributed by atoms with Crippen LogP contribution in [0.3, 0.4) is 0 Å². The first-order chi connectivity index (χ1) is 15.3. The van der Waals surface area contributed by atoms with Crippen molar-refractivity contribution in [1.29, 1.82) is 0 Å². The zero-order valence-corrected chi connectivity index (χ0v) is 18.0. The number of alkyl halides is 3. The number of piperazine rings is 1. The molecule has 1 amide bonds. The first-order valence-electron chi connectivity index (χ1n) is 10.6. The van der Waals surface area contributed by atoms with E-state index in [0.29, 0.717) is 24.9 Å². The molecule has 2 atom stereocenters. The number of ether oxygens (including phenoxy) is 1. The van der Waals surface area contributed by atoms with Crippen molar-refractivity contribution in [2.45, 2.75) is 48.5 Å². The maximum atomic E-state index is 12.7. The van der Waals surface area contributed by atoms with Crippen molar-refractivity contribution in [2.75, 3.05) is 26.2 Å². The molecule has 0 N–H and O–H groups in total. The van der Waals surface area contributed by atoms with Gasteiger partial charge in [0, 0.05) is 50.8 Å². The van der Waals surface area contributed by atoms with E-state index in [9.17, 15) is 18.0 Å². The van der Waals surface area contributed by atoms with Gasteiger partial charge in [0.05, 0.1) is 23.7 Å². The maximum Gasteiger partial charge on any atom is 0.417 e.